The van der Waals surface area contributed by atoms with Crippen LogP contribution in [0.5, 0.6) is 0 Å². The van der Waals surface area contributed by atoms with Crippen LogP contribution in [0.1, 0.15) is 13.2 Å². The zero-order chi connectivity index (χ0) is 20.9. The molecule has 0 aliphatic carbocycles. The van der Waals surface area contributed by atoms with Gasteiger partial charge in [0.15, 0.2) is 23.2 Å². The molecule has 2 aromatic rings. The molecule has 3 heterocycles. The Morgan fingerprint density at radius 3 is 2.79 bits per heavy atom. The van der Waals surface area contributed by atoms with Gasteiger partial charge < -0.3 is 30.5 Å². The fourth-order valence-corrected chi connectivity index (χ4v) is 3.32. The summed E-state index contributed by atoms with van der Waals surface area (Å²) < 4.78 is 22.3. The maximum absolute atomic E-state index is 10.9. The van der Waals surface area contributed by atoms with Crippen molar-refractivity contribution in [2.45, 2.75) is 31.0 Å². The molecule has 156 valence electrons. The number of anilines is 2. The van der Waals surface area contributed by atoms with Crippen molar-refractivity contribution in [3.05, 3.63) is 6.33 Å². The van der Waals surface area contributed by atoms with E-state index in [1.54, 1.807) is 19.1 Å². The van der Waals surface area contributed by atoms with Crippen molar-refractivity contribution in [3.63, 3.8) is 0 Å². The lowest BCUT2D eigenvalue weighted by Crippen LogP contribution is -2.44. The fourth-order valence-electron chi connectivity index (χ4n) is 2.98. The third kappa shape index (κ3) is 3.68. The number of phosphoric acid groups is 1. The van der Waals surface area contributed by atoms with Crippen molar-refractivity contribution in [1.29, 1.82) is 0 Å². The molecule has 7 N–H and O–H groups in total. The molecule has 1 unspecified atom stereocenters. The molecule has 4 atom stereocenters. The number of nitrogen functional groups attached to an aromatic ring is 1. The average molecular weight is 419 g/mol. The molecule has 15 heteroatoms. The number of ether oxygens (including phenoxy) is 1. The first kappa shape index (κ1) is 20.8. The Morgan fingerprint density at radius 2 is 2.18 bits per heavy atom. The van der Waals surface area contributed by atoms with Gasteiger partial charge in [0.2, 0.25) is 5.95 Å². The van der Waals surface area contributed by atoms with Crippen molar-refractivity contribution in [3.8, 4) is 0 Å². The minimum Gasteiger partial charge on any atom is -0.387 e. The van der Waals surface area contributed by atoms with Crippen LogP contribution >= 0.6 is 7.82 Å². The molecule has 1 aliphatic heterocycles. The van der Waals surface area contributed by atoms with Crippen LogP contribution in [-0.4, -0.2) is 78.0 Å². The molecule has 0 saturated carbocycles. The summed E-state index contributed by atoms with van der Waals surface area (Å²) in [7, 11) is -1.40. The Labute approximate surface area is 159 Å². The van der Waals surface area contributed by atoms with Crippen LogP contribution in [0, 0.1) is 0 Å². The number of rotatable bonds is 6. The maximum Gasteiger partial charge on any atom is 0.469 e. The number of hydrazine groups is 1. The molecule has 14 nitrogen and oxygen atoms in total. The summed E-state index contributed by atoms with van der Waals surface area (Å²) in [5.41, 5.74) is 7.40. The molecule has 1 aliphatic rings. The van der Waals surface area contributed by atoms with Gasteiger partial charge in [0.1, 0.15) is 17.8 Å². The van der Waals surface area contributed by atoms with E-state index in [2.05, 4.69) is 24.9 Å². The Morgan fingerprint density at radius 1 is 1.50 bits per heavy atom. The number of imidazole rings is 1. The Bertz CT molecular complexity index is 916. The van der Waals surface area contributed by atoms with E-state index in [0.29, 0.717) is 11.3 Å². The van der Waals surface area contributed by atoms with Gasteiger partial charge in [-0.25, -0.2) is 15.0 Å². The van der Waals surface area contributed by atoms with Crippen LogP contribution in [0.25, 0.3) is 11.2 Å². The maximum atomic E-state index is 10.9. The van der Waals surface area contributed by atoms with E-state index in [9.17, 15) is 14.8 Å². The van der Waals surface area contributed by atoms with Gasteiger partial charge in [0, 0.05) is 14.1 Å². The van der Waals surface area contributed by atoms with Crippen molar-refractivity contribution < 1.29 is 33.8 Å². The summed E-state index contributed by atoms with van der Waals surface area (Å²) in [6.45, 7) is 0.687. The predicted molar refractivity (Wildman–Crippen MR) is 95.7 cm³/mol. The average Bonchev–Trinajstić information content (AvgIpc) is 3.10. The molecule has 0 amide bonds. The van der Waals surface area contributed by atoms with Gasteiger partial charge in [0.25, 0.3) is 0 Å². The van der Waals surface area contributed by atoms with Crippen molar-refractivity contribution in [2.75, 3.05) is 31.4 Å². The number of aliphatic hydroxyl groups excluding tert-OH is 1. The SMILES string of the molecule is CNN(C)c1nc(N)nc2c1ncn2[C@@H]1O[C@H](COP(=O)(O)O)C(O)[C@]1(C)O. The van der Waals surface area contributed by atoms with E-state index >= 15 is 0 Å². The highest BCUT2D eigenvalue weighted by Gasteiger charge is 2.54. The smallest absolute Gasteiger partial charge is 0.387 e. The van der Waals surface area contributed by atoms with Gasteiger partial charge in [-0.05, 0) is 6.92 Å². The lowest BCUT2D eigenvalue weighted by molar-refractivity contribution is -0.0949. The van der Waals surface area contributed by atoms with Crippen molar-refractivity contribution >= 4 is 30.8 Å². The molecule has 0 aromatic carbocycles. The summed E-state index contributed by atoms with van der Waals surface area (Å²) in [6.07, 6.45) is -2.55. The van der Waals surface area contributed by atoms with Gasteiger partial charge in [0.05, 0.1) is 12.9 Å². The molecule has 0 spiro atoms. The van der Waals surface area contributed by atoms with Gasteiger partial charge in [-0.1, -0.05) is 0 Å². The first-order valence-corrected chi connectivity index (χ1v) is 9.66. The number of phosphoric ester groups is 1. The lowest BCUT2D eigenvalue weighted by Gasteiger charge is -2.27. The van der Waals surface area contributed by atoms with E-state index in [1.165, 1.54) is 17.8 Å². The van der Waals surface area contributed by atoms with E-state index < -0.39 is 38.5 Å². The summed E-state index contributed by atoms with van der Waals surface area (Å²) in [5, 5.41) is 22.7. The summed E-state index contributed by atoms with van der Waals surface area (Å²) in [6, 6.07) is 0. The summed E-state index contributed by atoms with van der Waals surface area (Å²) >= 11 is 0. The number of nitrogens with one attached hydrogen (secondary N) is 1. The van der Waals surface area contributed by atoms with E-state index in [1.807, 2.05) is 0 Å². The molecule has 1 saturated heterocycles. The number of nitrogens with zero attached hydrogens (tertiary/aromatic N) is 5. The molecule has 28 heavy (non-hydrogen) atoms. The number of aliphatic hydroxyl groups is 2. The summed E-state index contributed by atoms with van der Waals surface area (Å²) in [5.74, 6) is 0.328. The number of hydrogen-bond acceptors (Lipinski definition) is 11. The van der Waals surface area contributed by atoms with E-state index in [4.69, 9.17) is 20.3 Å². The third-order valence-corrected chi connectivity index (χ3v) is 4.97. The zero-order valence-corrected chi connectivity index (χ0v) is 16.2. The zero-order valence-electron chi connectivity index (χ0n) is 15.3. The standard InChI is InChI=1S/C13H22N7O7P/c1-13(22)8(21)6(4-26-28(23,24)25)27-11(13)20-5-16-7-9(19(3)15-2)17-12(14)18-10(7)20/h5-6,8,11,15,21-22H,4H2,1-3H3,(H2,14,17,18)(H2,23,24,25)/t6-,8?,11-,13+/m1/s1. The second-order valence-electron chi connectivity index (χ2n) is 6.50. The lowest BCUT2D eigenvalue weighted by atomic mass is 9.96. The molecule has 1 fully saturated rings. The van der Waals surface area contributed by atoms with Crippen LogP contribution < -0.4 is 16.2 Å². The number of nitrogens with two attached hydrogens (primary N) is 1. The second-order valence-corrected chi connectivity index (χ2v) is 7.74. The molecular formula is C13H22N7O7P. The topological polar surface area (TPSA) is 201 Å². The Kier molecular flexibility index (Phi) is 5.33. The van der Waals surface area contributed by atoms with E-state index in [0.717, 1.165) is 0 Å². The van der Waals surface area contributed by atoms with Gasteiger partial charge in [-0.2, -0.15) is 9.97 Å². The first-order chi connectivity index (χ1) is 13.0. The number of hydrogen-bond donors (Lipinski definition) is 6. The fraction of sp³-hybridized carbons (Fsp3) is 0.615. The monoisotopic (exact) mass is 419 g/mol. The molecular weight excluding hydrogens is 397 g/mol. The predicted octanol–water partition coefficient (Wildman–Crippen LogP) is -1.90. The van der Waals surface area contributed by atoms with Crippen molar-refractivity contribution in [2.24, 2.45) is 0 Å². The third-order valence-electron chi connectivity index (χ3n) is 4.49. The summed E-state index contributed by atoms with van der Waals surface area (Å²) in [4.78, 5) is 30.2. The van der Waals surface area contributed by atoms with Gasteiger partial charge >= 0.3 is 7.82 Å². The second kappa shape index (κ2) is 7.17. The Balaban J connectivity index is 2.00. The highest BCUT2D eigenvalue weighted by Crippen LogP contribution is 2.42. The highest BCUT2D eigenvalue weighted by atomic mass is 31.2. The normalized spacial score (nSPS) is 28.2. The molecule has 3 rings (SSSR count). The highest BCUT2D eigenvalue weighted by molar-refractivity contribution is 7.46. The molecule has 2 aromatic heterocycles. The van der Waals surface area contributed by atoms with Crippen LogP contribution in [0.15, 0.2) is 6.33 Å². The number of aromatic nitrogens is 4. The van der Waals surface area contributed by atoms with Crippen LogP contribution in [-0.2, 0) is 13.8 Å². The van der Waals surface area contributed by atoms with Crippen LogP contribution in [0.4, 0.5) is 11.8 Å². The largest absolute Gasteiger partial charge is 0.469 e. The Hall–Kier alpha value is -1.90. The first-order valence-electron chi connectivity index (χ1n) is 8.13. The van der Waals surface area contributed by atoms with Gasteiger partial charge in [-0.3, -0.25) is 14.1 Å². The van der Waals surface area contributed by atoms with Crippen LogP contribution in [0.3, 0.4) is 0 Å². The molecule has 0 bridgehead atoms. The van der Waals surface area contributed by atoms with E-state index in [-0.39, 0.29) is 11.6 Å². The van der Waals surface area contributed by atoms with Crippen LogP contribution in [0.2, 0.25) is 0 Å². The van der Waals surface area contributed by atoms with Crippen molar-refractivity contribution in [1.82, 2.24) is 24.9 Å². The quantitative estimate of drug-likeness (QED) is 0.224. The van der Waals surface area contributed by atoms with Gasteiger partial charge in [-0.15, -0.1) is 0 Å². The minimum atomic E-state index is -4.77. The molecule has 0 radical (unpaired) electrons. The minimum absolute atomic E-state index is 0.0501. The number of fused-ring (bicyclic) bond motifs is 1.